The number of aryl methyl sites for hydroxylation is 1. The molecule has 0 heterocycles. The van der Waals surface area contributed by atoms with Crippen LogP contribution in [-0.2, 0) is 6.42 Å². The molecule has 1 unspecified atom stereocenters. The zero-order valence-electron chi connectivity index (χ0n) is 10.3. The molecule has 1 rings (SSSR count). The predicted octanol–water partition coefficient (Wildman–Crippen LogP) is 5.47. The summed E-state index contributed by atoms with van der Waals surface area (Å²) in [6.07, 6.45) is 3.52. The lowest BCUT2D eigenvalue weighted by atomic mass is 9.89. The molecule has 0 aromatic heterocycles. The van der Waals surface area contributed by atoms with Crippen molar-refractivity contribution in [1.29, 1.82) is 0 Å². The number of hydrogen-bond acceptors (Lipinski definition) is 0. The van der Waals surface area contributed by atoms with E-state index in [2.05, 4.69) is 48.8 Å². The summed E-state index contributed by atoms with van der Waals surface area (Å²) >= 11 is 9.71. The van der Waals surface area contributed by atoms with Gasteiger partial charge >= 0.3 is 0 Å². The fourth-order valence-electron chi connectivity index (χ4n) is 1.61. The number of alkyl halides is 1. The van der Waals surface area contributed by atoms with Crippen LogP contribution in [0.25, 0.3) is 0 Å². The minimum atomic E-state index is 0.342. The molecule has 0 aliphatic heterocycles. The molecular formula is C14H20BrCl. The molecule has 0 saturated heterocycles. The smallest absolute Gasteiger partial charge is 0.0408 e. The van der Waals surface area contributed by atoms with Gasteiger partial charge in [-0.15, -0.1) is 0 Å². The third kappa shape index (κ3) is 4.88. The van der Waals surface area contributed by atoms with E-state index in [1.54, 1.807) is 0 Å². The summed E-state index contributed by atoms with van der Waals surface area (Å²) in [4.78, 5) is 0.583. The van der Waals surface area contributed by atoms with Gasteiger partial charge in [-0.2, -0.15) is 0 Å². The van der Waals surface area contributed by atoms with Crippen molar-refractivity contribution in [3.63, 3.8) is 0 Å². The van der Waals surface area contributed by atoms with E-state index < -0.39 is 0 Å². The van der Waals surface area contributed by atoms with E-state index in [0.717, 1.165) is 11.4 Å². The Morgan fingerprint density at radius 3 is 2.56 bits per heavy atom. The average Bonchev–Trinajstić information content (AvgIpc) is 2.16. The van der Waals surface area contributed by atoms with Crippen molar-refractivity contribution in [2.75, 3.05) is 0 Å². The molecule has 0 spiro atoms. The van der Waals surface area contributed by atoms with E-state index in [1.807, 2.05) is 12.1 Å². The van der Waals surface area contributed by atoms with Crippen LogP contribution in [0, 0.1) is 5.41 Å². The van der Waals surface area contributed by atoms with Gasteiger partial charge in [-0.25, -0.2) is 0 Å². The molecule has 16 heavy (non-hydrogen) atoms. The fourth-order valence-corrected chi connectivity index (χ4v) is 2.15. The molecule has 1 aromatic rings. The van der Waals surface area contributed by atoms with Gasteiger partial charge in [0.05, 0.1) is 0 Å². The van der Waals surface area contributed by atoms with Crippen LogP contribution in [-0.4, -0.2) is 4.83 Å². The Labute approximate surface area is 113 Å². The number of rotatable bonds is 4. The highest BCUT2D eigenvalue weighted by atomic mass is 79.9. The Bertz CT molecular complexity index is 328. The second-order valence-electron chi connectivity index (χ2n) is 5.36. The number of halogens is 2. The van der Waals surface area contributed by atoms with Crippen molar-refractivity contribution in [3.8, 4) is 0 Å². The summed E-state index contributed by atoms with van der Waals surface area (Å²) in [5, 5.41) is 0.837. The first-order valence-corrected chi connectivity index (χ1v) is 7.07. The number of benzene rings is 1. The molecule has 0 fully saturated rings. The van der Waals surface area contributed by atoms with Gasteiger partial charge in [0.15, 0.2) is 0 Å². The molecule has 0 bridgehead atoms. The van der Waals surface area contributed by atoms with E-state index in [4.69, 9.17) is 11.6 Å². The molecule has 0 N–H and O–H groups in total. The predicted molar refractivity (Wildman–Crippen MR) is 76.6 cm³/mol. The van der Waals surface area contributed by atoms with E-state index in [-0.39, 0.29) is 0 Å². The summed E-state index contributed by atoms with van der Waals surface area (Å²) in [5.74, 6) is 0. The first kappa shape index (κ1) is 14.1. The van der Waals surface area contributed by atoms with Gasteiger partial charge < -0.3 is 0 Å². The summed E-state index contributed by atoms with van der Waals surface area (Å²) in [5.41, 5.74) is 1.68. The van der Waals surface area contributed by atoms with E-state index >= 15 is 0 Å². The Hall–Kier alpha value is -0.0100. The maximum absolute atomic E-state index is 5.95. The standard InChI is InChI=1S/C14H20BrCl/c1-14(2,3)13(15)9-5-7-11-6-4-8-12(16)10-11/h4,6,8,10,13H,5,7,9H2,1-3H3. The van der Waals surface area contributed by atoms with Crippen LogP contribution in [0.15, 0.2) is 24.3 Å². The Morgan fingerprint density at radius 2 is 2.00 bits per heavy atom. The van der Waals surface area contributed by atoms with E-state index in [1.165, 1.54) is 18.4 Å². The molecule has 0 aliphatic rings. The molecule has 1 aromatic carbocycles. The van der Waals surface area contributed by atoms with Crippen molar-refractivity contribution in [1.82, 2.24) is 0 Å². The lowest BCUT2D eigenvalue weighted by molar-refractivity contribution is 0.380. The average molecular weight is 304 g/mol. The van der Waals surface area contributed by atoms with Crippen LogP contribution < -0.4 is 0 Å². The van der Waals surface area contributed by atoms with E-state index in [0.29, 0.717) is 10.2 Å². The van der Waals surface area contributed by atoms with Crippen LogP contribution >= 0.6 is 27.5 Å². The Morgan fingerprint density at radius 1 is 1.31 bits per heavy atom. The third-order valence-electron chi connectivity index (χ3n) is 2.75. The van der Waals surface area contributed by atoms with Crippen molar-refractivity contribution in [2.24, 2.45) is 5.41 Å². The van der Waals surface area contributed by atoms with Crippen molar-refractivity contribution < 1.29 is 0 Å². The van der Waals surface area contributed by atoms with Crippen molar-refractivity contribution in [2.45, 2.75) is 44.9 Å². The Balaban J connectivity index is 2.36. The normalized spacial score (nSPS) is 13.8. The highest BCUT2D eigenvalue weighted by Gasteiger charge is 2.20. The van der Waals surface area contributed by atoms with Gasteiger partial charge in [0.2, 0.25) is 0 Å². The molecule has 0 nitrogen and oxygen atoms in total. The highest BCUT2D eigenvalue weighted by molar-refractivity contribution is 9.09. The quantitative estimate of drug-likeness (QED) is 0.647. The minimum absolute atomic E-state index is 0.342. The highest BCUT2D eigenvalue weighted by Crippen LogP contribution is 2.30. The molecule has 0 aliphatic carbocycles. The molecule has 1 atom stereocenters. The first-order chi connectivity index (χ1) is 7.39. The van der Waals surface area contributed by atoms with Gasteiger partial charge in [-0.1, -0.05) is 60.4 Å². The van der Waals surface area contributed by atoms with Gasteiger partial charge in [0.1, 0.15) is 0 Å². The van der Waals surface area contributed by atoms with Crippen molar-refractivity contribution >= 4 is 27.5 Å². The number of hydrogen-bond donors (Lipinski definition) is 0. The SMILES string of the molecule is CC(C)(C)C(Br)CCCc1cccc(Cl)c1. The van der Waals surface area contributed by atoms with Crippen LogP contribution in [0.2, 0.25) is 5.02 Å². The van der Waals surface area contributed by atoms with Gasteiger partial charge in [0.25, 0.3) is 0 Å². The molecule has 0 radical (unpaired) electrons. The maximum Gasteiger partial charge on any atom is 0.0408 e. The van der Waals surface area contributed by atoms with Crippen LogP contribution in [0.4, 0.5) is 0 Å². The topological polar surface area (TPSA) is 0 Å². The zero-order valence-corrected chi connectivity index (χ0v) is 12.6. The van der Waals surface area contributed by atoms with Gasteiger partial charge in [-0.05, 0) is 42.4 Å². The second kappa shape index (κ2) is 6.07. The molecule has 2 heteroatoms. The molecule has 0 saturated carbocycles. The van der Waals surface area contributed by atoms with Crippen LogP contribution in [0.5, 0.6) is 0 Å². The summed E-state index contributed by atoms with van der Waals surface area (Å²) in [6.45, 7) is 6.81. The third-order valence-corrected chi connectivity index (χ3v) is 4.82. The van der Waals surface area contributed by atoms with Crippen molar-refractivity contribution in [3.05, 3.63) is 34.9 Å². The van der Waals surface area contributed by atoms with E-state index in [9.17, 15) is 0 Å². The minimum Gasteiger partial charge on any atom is -0.0885 e. The molecule has 90 valence electrons. The monoisotopic (exact) mass is 302 g/mol. The Kier molecular flexibility index (Phi) is 5.33. The fraction of sp³-hybridized carbons (Fsp3) is 0.571. The van der Waals surface area contributed by atoms with Gasteiger partial charge in [0, 0.05) is 9.85 Å². The lowest BCUT2D eigenvalue weighted by Gasteiger charge is -2.25. The molecular weight excluding hydrogens is 284 g/mol. The van der Waals surface area contributed by atoms with Crippen LogP contribution in [0.1, 0.15) is 39.2 Å². The summed E-state index contributed by atoms with van der Waals surface area (Å²) in [6, 6.07) is 8.15. The largest absolute Gasteiger partial charge is 0.0885 e. The lowest BCUT2D eigenvalue weighted by Crippen LogP contribution is -2.20. The summed E-state index contributed by atoms with van der Waals surface area (Å²) in [7, 11) is 0. The second-order valence-corrected chi connectivity index (χ2v) is 6.90. The first-order valence-electron chi connectivity index (χ1n) is 5.78. The van der Waals surface area contributed by atoms with Gasteiger partial charge in [-0.3, -0.25) is 0 Å². The van der Waals surface area contributed by atoms with Crippen LogP contribution in [0.3, 0.4) is 0 Å². The maximum atomic E-state index is 5.95. The zero-order chi connectivity index (χ0) is 12.2. The molecule has 0 amide bonds. The summed E-state index contributed by atoms with van der Waals surface area (Å²) < 4.78 is 0.